The number of β-lactam (4-membered cyclic amide) rings is 1. The van der Waals surface area contributed by atoms with Crippen LogP contribution >= 0.6 is 46.7 Å². The quantitative estimate of drug-likeness (QED) is 0.340. The number of carbonyl (C=O) groups is 4. The molecule has 2 heterocycles. The molecule has 160 valence electrons. The summed E-state index contributed by atoms with van der Waals surface area (Å²) in [5.41, 5.74) is 0.138. The number of hydrogen-bond acceptors (Lipinski definition) is 7. The van der Waals surface area contributed by atoms with E-state index in [2.05, 4.69) is 5.32 Å². The van der Waals surface area contributed by atoms with Gasteiger partial charge in [0.2, 0.25) is 5.91 Å². The minimum Gasteiger partial charge on any atom is -0.477 e. The zero-order chi connectivity index (χ0) is 22.0. The van der Waals surface area contributed by atoms with Crippen LogP contribution in [0.4, 0.5) is 0 Å². The molecule has 0 unspecified atom stereocenters. The van der Waals surface area contributed by atoms with Crippen molar-refractivity contribution in [3.63, 3.8) is 0 Å². The van der Waals surface area contributed by atoms with Crippen molar-refractivity contribution < 1.29 is 29.0 Å². The second kappa shape index (κ2) is 9.51. The van der Waals surface area contributed by atoms with E-state index in [0.29, 0.717) is 20.5 Å². The average molecular weight is 491 g/mol. The van der Waals surface area contributed by atoms with Crippen LogP contribution in [0.15, 0.2) is 34.4 Å². The van der Waals surface area contributed by atoms with Crippen molar-refractivity contribution in [2.75, 3.05) is 18.1 Å². The Kier molecular flexibility index (Phi) is 7.22. The Labute approximate surface area is 190 Å². The standard InChI is InChI=1S/C18H16Cl2N2O6S2/c1-8(23)28-5-9-6-30-17-14(16(25)22(17)15(9)18(26)27)21-13(24)7-29-12-4-10(19)2-3-11(12)20/h2-4,14,17H,5-7H2,1H3,(H,21,24)(H,26,27)/t14-,17-/m1/s1. The Morgan fingerprint density at radius 2 is 2.10 bits per heavy atom. The number of esters is 1. The van der Waals surface area contributed by atoms with Gasteiger partial charge in [-0.2, -0.15) is 0 Å². The molecule has 30 heavy (non-hydrogen) atoms. The number of nitrogens with one attached hydrogen (secondary N) is 1. The minimum absolute atomic E-state index is 0.0144. The molecule has 3 rings (SSSR count). The van der Waals surface area contributed by atoms with Crippen molar-refractivity contribution >= 4 is 70.5 Å². The molecule has 8 nitrogen and oxygen atoms in total. The van der Waals surface area contributed by atoms with E-state index < -0.39 is 29.3 Å². The van der Waals surface area contributed by atoms with Crippen molar-refractivity contribution in [1.82, 2.24) is 10.2 Å². The summed E-state index contributed by atoms with van der Waals surface area (Å²) in [6.45, 7) is 1.02. The lowest BCUT2D eigenvalue weighted by Gasteiger charge is -2.49. The fourth-order valence-electron chi connectivity index (χ4n) is 2.93. The molecule has 12 heteroatoms. The Balaban J connectivity index is 1.63. The maximum atomic E-state index is 12.6. The van der Waals surface area contributed by atoms with Gasteiger partial charge in [-0.3, -0.25) is 19.3 Å². The van der Waals surface area contributed by atoms with Gasteiger partial charge < -0.3 is 15.2 Å². The van der Waals surface area contributed by atoms with Crippen molar-refractivity contribution in [3.8, 4) is 0 Å². The van der Waals surface area contributed by atoms with Crippen LogP contribution in [0.1, 0.15) is 6.92 Å². The van der Waals surface area contributed by atoms with Crippen LogP contribution in [0.3, 0.4) is 0 Å². The Hall–Kier alpha value is -1.88. The third-order valence-corrected chi connectivity index (χ3v) is 7.34. The van der Waals surface area contributed by atoms with Crippen LogP contribution in [0.2, 0.25) is 10.0 Å². The highest BCUT2D eigenvalue weighted by molar-refractivity contribution is 8.00. The lowest BCUT2D eigenvalue weighted by molar-refractivity contribution is -0.150. The van der Waals surface area contributed by atoms with Gasteiger partial charge in [-0.05, 0) is 18.2 Å². The summed E-state index contributed by atoms with van der Waals surface area (Å²) in [5.74, 6) is -2.46. The van der Waals surface area contributed by atoms with Crippen LogP contribution in [0.5, 0.6) is 0 Å². The summed E-state index contributed by atoms with van der Waals surface area (Å²) in [5, 5.41) is 12.6. The number of rotatable bonds is 7. The highest BCUT2D eigenvalue weighted by Crippen LogP contribution is 2.40. The zero-order valence-corrected chi connectivity index (χ0v) is 18.7. The molecule has 2 atom stereocenters. The molecule has 2 N–H and O–H groups in total. The Morgan fingerprint density at radius 3 is 2.77 bits per heavy atom. The number of benzene rings is 1. The summed E-state index contributed by atoms with van der Waals surface area (Å²) >= 11 is 14.5. The fraction of sp³-hybridized carbons (Fsp3) is 0.333. The smallest absolute Gasteiger partial charge is 0.352 e. The minimum atomic E-state index is -1.29. The number of nitrogens with zero attached hydrogens (tertiary/aromatic N) is 1. The number of carboxylic acid groups (broad SMARTS) is 1. The second-order valence-electron chi connectivity index (χ2n) is 6.36. The molecule has 0 aromatic heterocycles. The van der Waals surface area contributed by atoms with Gasteiger partial charge in [0.1, 0.15) is 23.7 Å². The number of carboxylic acids is 1. The lowest BCUT2D eigenvalue weighted by atomic mass is 10.0. The maximum absolute atomic E-state index is 12.6. The highest BCUT2D eigenvalue weighted by atomic mass is 35.5. The molecule has 2 amide bonds. The molecule has 1 aromatic rings. The van der Waals surface area contributed by atoms with Gasteiger partial charge in [0.05, 0.1) is 10.8 Å². The van der Waals surface area contributed by atoms with Crippen LogP contribution in [-0.2, 0) is 23.9 Å². The number of thioether (sulfide) groups is 2. The van der Waals surface area contributed by atoms with Crippen molar-refractivity contribution in [3.05, 3.63) is 39.5 Å². The van der Waals surface area contributed by atoms with Gasteiger partial charge in [-0.25, -0.2) is 4.79 Å². The number of carbonyl (C=O) groups excluding carboxylic acids is 3. The average Bonchev–Trinajstić information content (AvgIpc) is 2.70. The number of aliphatic carboxylic acids is 1. The zero-order valence-electron chi connectivity index (χ0n) is 15.5. The van der Waals surface area contributed by atoms with Crippen LogP contribution in [0.25, 0.3) is 0 Å². The first-order valence-corrected chi connectivity index (χ1v) is 11.4. The number of halogens is 2. The molecule has 1 saturated heterocycles. The second-order valence-corrected chi connectivity index (χ2v) is 9.32. The topological polar surface area (TPSA) is 113 Å². The van der Waals surface area contributed by atoms with Gasteiger partial charge in [-0.1, -0.05) is 23.2 Å². The van der Waals surface area contributed by atoms with Crippen LogP contribution in [0, 0.1) is 0 Å². The van der Waals surface area contributed by atoms with E-state index in [1.54, 1.807) is 18.2 Å². The molecule has 0 saturated carbocycles. The lowest BCUT2D eigenvalue weighted by Crippen LogP contribution is -2.70. The fourth-order valence-corrected chi connectivity index (χ4v) is 5.56. The van der Waals surface area contributed by atoms with Gasteiger partial charge in [0, 0.05) is 28.2 Å². The van der Waals surface area contributed by atoms with Crippen molar-refractivity contribution in [1.29, 1.82) is 0 Å². The van der Waals surface area contributed by atoms with Gasteiger partial charge >= 0.3 is 11.9 Å². The molecule has 1 fully saturated rings. The molecule has 0 aliphatic carbocycles. The monoisotopic (exact) mass is 490 g/mol. The first-order chi connectivity index (χ1) is 14.2. The molecule has 2 aliphatic rings. The maximum Gasteiger partial charge on any atom is 0.352 e. The van der Waals surface area contributed by atoms with E-state index in [1.807, 2.05) is 0 Å². The Bertz CT molecular complexity index is 955. The van der Waals surface area contributed by atoms with Crippen LogP contribution in [-0.4, -0.2) is 63.3 Å². The predicted molar refractivity (Wildman–Crippen MR) is 114 cm³/mol. The summed E-state index contributed by atoms with van der Waals surface area (Å²) in [6.07, 6.45) is 0. The summed E-state index contributed by atoms with van der Waals surface area (Å²) < 4.78 is 4.88. The highest BCUT2D eigenvalue weighted by Gasteiger charge is 2.54. The molecule has 1 aromatic carbocycles. The van der Waals surface area contributed by atoms with E-state index in [0.717, 1.165) is 4.90 Å². The third-order valence-electron chi connectivity index (χ3n) is 4.27. The summed E-state index contributed by atoms with van der Waals surface area (Å²) in [4.78, 5) is 49.3. The van der Waals surface area contributed by atoms with Gasteiger partial charge in [0.15, 0.2) is 0 Å². The summed E-state index contributed by atoms with van der Waals surface area (Å²) in [6, 6.07) is 4.08. The number of ether oxygens (including phenoxy) is 1. The SMILES string of the molecule is CC(=O)OCC1=C(C(=O)O)N2C(=O)[C@@H](NC(=O)CSc3cc(Cl)ccc3Cl)[C@H]2SC1. The Morgan fingerprint density at radius 1 is 1.37 bits per heavy atom. The molecule has 2 aliphatic heterocycles. The van der Waals surface area contributed by atoms with E-state index in [1.165, 1.54) is 30.4 Å². The van der Waals surface area contributed by atoms with Crippen LogP contribution < -0.4 is 5.32 Å². The molecular formula is C18H16Cl2N2O6S2. The predicted octanol–water partition coefficient (Wildman–Crippen LogP) is 2.39. The number of fused-ring (bicyclic) bond motifs is 1. The number of hydrogen-bond donors (Lipinski definition) is 2. The number of amides is 2. The van der Waals surface area contributed by atoms with E-state index in [-0.39, 0.29) is 29.7 Å². The third kappa shape index (κ3) is 4.88. The van der Waals surface area contributed by atoms with E-state index >= 15 is 0 Å². The van der Waals surface area contributed by atoms with E-state index in [9.17, 15) is 24.3 Å². The summed E-state index contributed by atoms with van der Waals surface area (Å²) in [7, 11) is 0. The molecular weight excluding hydrogens is 475 g/mol. The largest absolute Gasteiger partial charge is 0.477 e. The molecule has 0 spiro atoms. The normalized spacial score (nSPS) is 20.4. The van der Waals surface area contributed by atoms with Crippen molar-refractivity contribution in [2.24, 2.45) is 0 Å². The first kappa shape index (κ1) is 22.8. The molecule has 0 radical (unpaired) electrons. The van der Waals surface area contributed by atoms with Gasteiger partial charge in [-0.15, -0.1) is 23.5 Å². The van der Waals surface area contributed by atoms with Crippen molar-refractivity contribution in [2.45, 2.75) is 23.2 Å². The van der Waals surface area contributed by atoms with Gasteiger partial charge in [0.25, 0.3) is 5.91 Å². The van der Waals surface area contributed by atoms with E-state index in [4.69, 9.17) is 27.9 Å². The first-order valence-electron chi connectivity index (χ1n) is 8.59. The molecule has 0 bridgehead atoms.